The molecule has 3 heteroatoms. The highest BCUT2D eigenvalue weighted by molar-refractivity contribution is 4.90. The Balaban J connectivity index is 1.79. The van der Waals surface area contributed by atoms with Gasteiger partial charge in [0.25, 0.3) is 0 Å². The van der Waals surface area contributed by atoms with Crippen LogP contribution in [0.25, 0.3) is 0 Å². The second-order valence-corrected chi connectivity index (χ2v) is 7.84. The Morgan fingerprint density at radius 3 is 2.55 bits per heavy atom. The van der Waals surface area contributed by atoms with Crippen LogP contribution in [0.1, 0.15) is 59.8 Å². The van der Waals surface area contributed by atoms with Gasteiger partial charge in [0.2, 0.25) is 0 Å². The molecule has 1 N–H and O–H groups in total. The Morgan fingerprint density at radius 1 is 1.20 bits per heavy atom. The molecule has 2 atom stereocenters. The molecular weight excluding hydrogens is 250 g/mol. The lowest BCUT2D eigenvalue weighted by atomic mass is 9.75. The third kappa shape index (κ3) is 4.71. The van der Waals surface area contributed by atoms with Gasteiger partial charge in [-0.05, 0) is 71.3 Å². The topological polar surface area (TPSA) is 30.5 Å². The maximum Gasteiger partial charge on any atom is 0.0729 e. The Bertz CT molecular complexity index is 286. The molecule has 2 rings (SSSR count). The average Bonchev–Trinajstić information content (AvgIpc) is 2.38. The lowest BCUT2D eigenvalue weighted by Crippen LogP contribution is -2.46. The molecule has 0 aromatic carbocycles. The Kier molecular flexibility index (Phi) is 5.49. The van der Waals surface area contributed by atoms with Crippen molar-refractivity contribution < 1.29 is 9.47 Å². The summed E-state index contributed by atoms with van der Waals surface area (Å²) in [5.41, 5.74) is 0.379. The molecule has 2 fully saturated rings. The Morgan fingerprint density at radius 2 is 1.90 bits per heavy atom. The van der Waals surface area contributed by atoms with E-state index in [0.717, 1.165) is 51.0 Å². The predicted octanol–water partition coefficient (Wildman–Crippen LogP) is 3.38. The van der Waals surface area contributed by atoms with E-state index in [1.807, 2.05) is 0 Å². The van der Waals surface area contributed by atoms with Crippen molar-refractivity contribution in [2.45, 2.75) is 70.9 Å². The zero-order valence-corrected chi connectivity index (χ0v) is 13.8. The van der Waals surface area contributed by atoms with Gasteiger partial charge < -0.3 is 14.8 Å². The van der Waals surface area contributed by atoms with E-state index in [2.05, 4.69) is 33.0 Å². The van der Waals surface area contributed by atoms with E-state index in [9.17, 15) is 0 Å². The minimum atomic E-state index is 0.146. The van der Waals surface area contributed by atoms with Crippen LogP contribution >= 0.6 is 0 Å². The van der Waals surface area contributed by atoms with Crippen molar-refractivity contribution in [3.05, 3.63) is 0 Å². The minimum Gasteiger partial charge on any atom is -0.381 e. The predicted molar refractivity (Wildman–Crippen MR) is 83.0 cm³/mol. The van der Waals surface area contributed by atoms with Crippen molar-refractivity contribution in [3.63, 3.8) is 0 Å². The van der Waals surface area contributed by atoms with E-state index in [0.29, 0.717) is 0 Å². The highest BCUT2D eigenvalue weighted by Crippen LogP contribution is 2.40. The highest BCUT2D eigenvalue weighted by atomic mass is 16.5. The summed E-state index contributed by atoms with van der Waals surface area (Å²) in [5, 5.41) is 3.61. The van der Waals surface area contributed by atoms with Gasteiger partial charge in [0.05, 0.1) is 5.60 Å². The summed E-state index contributed by atoms with van der Waals surface area (Å²) >= 11 is 0. The molecule has 0 aromatic rings. The second-order valence-electron chi connectivity index (χ2n) is 7.84. The number of hydrogen-bond donors (Lipinski definition) is 1. The summed E-state index contributed by atoms with van der Waals surface area (Å²) in [6.07, 6.45) is 5.94. The smallest absolute Gasteiger partial charge is 0.0729 e. The fraction of sp³-hybridized carbons (Fsp3) is 1.00. The first-order valence-electron chi connectivity index (χ1n) is 8.37. The minimum absolute atomic E-state index is 0.146. The van der Waals surface area contributed by atoms with E-state index in [1.54, 1.807) is 0 Å². The third-order valence-corrected chi connectivity index (χ3v) is 4.99. The van der Waals surface area contributed by atoms with Crippen molar-refractivity contribution in [1.29, 1.82) is 0 Å². The number of ether oxygens (including phenoxy) is 2. The van der Waals surface area contributed by atoms with Crippen LogP contribution in [0, 0.1) is 11.8 Å². The molecule has 0 aliphatic carbocycles. The summed E-state index contributed by atoms with van der Waals surface area (Å²) in [6, 6.07) is 0. The van der Waals surface area contributed by atoms with Crippen LogP contribution in [0.5, 0.6) is 0 Å². The molecule has 1 spiro atoms. The summed E-state index contributed by atoms with van der Waals surface area (Å²) in [7, 11) is 0. The van der Waals surface area contributed by atoms with Crippen molar-refractivity contribution in [1.82, 2.24) is 5.32 Å². The van der Waals surface area contributed by atoms with E-state index in [-0.39, 0.29) is 11.1 Å². The number of rotatable bonds is 4. The molecule has 118 valence electrons. The van der Waals surface area contributed by atoms with Gasteiger partial charge >= 0.3 is 0 Å². The molecule has 2 unspecified atom stereocenters. The third-order valence-electron chi connectivity index (χ3n) is 4.99. The van der Waals surface area contributed by atoms with Crippen molar-refractivity contribution in [2.75, 3.05) is 26.4 Å². The molecule has 0 bridgehead atoms. The van der Waals surface area contributed by atoms with Gasteiger partial charge in [0.1, 0.15) is 0 Å². The maximum absolute atomic E-state index is 6.15. The van der Waals surface area contributed by atoms with Crippen molar-refractivity contribution in [3.8, 4) is 0 Å². The van der Waals surface area contributed by atoms with Crippen molar-refractivity contribution >= 4 is 0 Å². The zero-order chi connectivity index (χ0) is 14.6. The molecule has 0 aromatic heterocycles. The quantitative estimate of drug-likeness (QED) is 0.858. The second kappa shape index (κ2) is 6.76. The number of nitrogens with one attached hydrogen (secondary N) is 1. The van der Waals surface area contributed by atoms with Gasteiger partial charge in [-0.1, -0.05) is 6.92 Å². The molecule has 0 amide bonds. The Hall–Kier alpha value is -0.120. The van der Waals surface area contributed by atoms with Gasteiger partial charge in [-0.25, -0.2) is 0 Å². The van der Waals surface area contributed by atoms with E-state index in [1.165, 1.54) is 19.3 Å². The largest absolute Gasteiger partial charge is 0.381 e. The van der Waals surface area contributed by atoms with Gasteiger partial charge in [-0.2, -0.15) is 0 Å². The van der Waals surface area contributed by atoms with E-state index >= 15 is 0 Å². The first-order chi connectivity index (χ1) is 9.40. The summed E-state index contributed by atoms with van der Waals surface area (Å²) in [5.74, 6) is 1.61. The number of hydrogen-bond acceptors (Lipinski definition) is 3. The van der Waals surface area contributed by atoms with Crippen LogP contribution in [0.15, 0.2) is 0 Å². The molecule has 0 radical (unpaired) electrons. The zero-order valence-electron chi connectivity index (χ0n) is 13.8. The van der Waals surface area contributed by atoms with Crippen LogP contribution in [0.4, 0.5) is 0 Å². The average molecular weight is 283 g/mol. The van der Waals surface area contributed by atoms with Crippen LogP contribution in [0.3, 0.4) is 0 Å². The SMILES string of the molecule is CC(CCNC(C)(C)C)C1CCOC2(CCOCC2)C1. The van der Waals surface area contributed by atoms with Crippen LogP contribution in [0.2, 0.25) is 0 Å². The molecule has 2 heterocycles. The molecule has 2 aliphatic rings. The molecule has 2 aliphatic heterocycles. The van der Waals surface area contributed by atoms with Gasteiger partial charge in [0, 0.05) is 25.4 Å². The highest BCUT2D eigenvalue weighted by Gasteiger charge is 2.40. The van der Waals surface area contributed by atoms with E-state index < -0.39 is 0 Å². The fourth-order valence-electron chi connectivity index (χ4n) is 3.55. The van der Waals surface area contributed by atoms with E-state index in [4.69, 9.17) is 9.47 Å². The van der Waals surface area contributed by atoms with Crippen LogP contribution in [-0.4, -0.2) is 37.5 Å². The summed E-state index contributed by atoms with van der Waals surface area (Å²) in [6.45, 7) is 13.0. The standard InChI is InChI=1S/C17H33NO2/c1-14(5-9-18-16(2,3)4)15-6-10-20-17(13-15)7-11-19-12-8-17/h14-15,18H,5-13H2,1-4H3. The lowest BCUT2D eigenvalue weighted by Gasteiger charge is -2.45. The Labute approximate surface area is 124 Å². The molecule has 20 heavy (non-hydrogen) atoms. The maximum atomic E-state index is 6.15. The molecule has 2 saturated heterocycles. The molecule has 3 nitrogen and oxygen atoms in total. The summed E-state index contributed by atoms with van der Waals surface area (Å²) < 4.78 is 11.7. The normalized spacial score (nSPS) is 28.5. The first-order valence-corrected chi connectivity index (χ1v) is 8.37. The van der Waals surface area contributed by atoms with Crippen LogP contribution in [-0.2, 0) is 9.47 Å². The van der Waals surface area contributed by atoms with Crippen molar-refractivity contribution in [2.24, 2.45) is 11.8 Å². The molecule has 0 saturated carbocycles. The van der Waals surface area contributed by atoms with Gasteiger partial charge in [-0.15, -0.1) is 0 Å². The molecular formula is C17H33NO2. The van der Waals surface area contributed by atoms with Gasteiger partial charge in [0.15, 0.2) is 0 Å². The van der Waals surface area contributed by atoms with Crippen LogP contribution < -0.4 is 5.32 Å². The fourth-order valence-corrected chi connectivity index (χ4v) is 3.55. The summed E-state index contributed by atoms with van der Waals surface area (Å²) in [4.78, 5) is 0. The lowest BCUT2D eigenvalue weighted by molar-refractivity contribution is -0.152. The monoisotopic (exact) mass is 283 g/mol. The first kappa shape index (κ1) is 16.3. The van der Waals surface area contributed by atoms with Gasteiger partial charge in [-0.3, -0.25) is 0 Å².